The molecular weight excluding hydrogens is 371 g/mol. The summed E-state index contributed by atoms with van der Waals surface area (Å²) in [4.78, 5) is 25.6. The third-order valence-electron chi connectivity index (χ3n) is 5.81. The number of carbonyl (C=O) groups is 1. The molecule has 3 heterocycles. The van der Waals surface area contributed by atoms with E-state index in [1.165, 1.54) is 12.1 Å². The number of hydrogen-bond donors (Lipinski definition) is 0. The van der Waals surface area contributed by atoms with Gasteiger partial charge in [0.2, 0.25) is 5.91 Å². The molecule has 0 atom stereocenters. The van der Waals surface area contributed by atoms with E-state index in [9.17, 15) is 9.18 Å². The van der Waals surface area contributed by atoms with E-state index in [1.807, 2.05) is 24.1 Å². The van der Waals surface area contributed by atoms with Gasteiger partial charge in [-0.2, -0.15) is 0 Å². The van der Waals surface area contributed by atoms with Crippen molar-refractivity contribution in [3.8, 4) is 0 Å². The number of hydrogen-bond acceptors (Lipinski definition) is 5. The highest BCUT2D eigenvalue weighted by atomic mass is 19.1. The van der Waals surface area contributed by atoms with Crippen molar-refractivity contribution in [2.45, 2.75) is 44.9 Å². The maximum atomic E-state index is 13.5. The normalized spacial score (nSPS) is 20.1. The molecule has 29 heavy (non-hydrogen) atoms. The highest BCUT2D eigenvalue weighted by molar-refractivity contribution is 5.76. The monoisotopic (exact) mass is 398 g/mol. The minimum Gasteiger partial charge on any atom is -0.373 e. The van der Waals surface area contributed by atoms with Crippen molar-refractivity contribution in [3.63, 3.8) is 0 Å². The fraction of sp³-hybridized carbons (Fsp3) is 0.500. The average molecular weight is 398 g/mol. The molecule has 1 aromatic heterocycles. The second kappa shape index (κ2) is 8.55. The van der Waals surface area contributed by atoms with E-state index in [0.29, 0.717) is 26.1 Å². The highest BCUT2D eigenvalue weighted by Crippen LogP contribution is 2.31. The summed E-state index contributed by atoms with van der Waals surface area (Å²) in [6.45, 7) is 5.90. The lowest BCUT2D eigenvalue weighted by Crippen LogP contribution is -2.51. The zero-order chi connectivity index (χ0) is 20.3. The molecule has 0 saturated carbocycles. The first-order chi connectivity index (χ1) is 14.0. The number of rotatable bonds is 4. The maximum absolute atomic E-state index is 13.5. The second-order valence-corrected chi connectivity index (χ2v) is 8.09. The predicted molar refractivity (Wildman–Crippen MR) is 106 cm³/mol. The smallest absolute Gasteiger partial charge is 0.225 e. The molecular formula is C22H27FN4O2. The largest absolute Gasteiger partial charge is 0.373 e. The molecule has 7 heteroatoms. The molecule has 0 unspecified atom stereocenters. The van der Waals surface area contributed by atoms with Gasteiger partial charge in [-0.15, -0.1) is 0 Å². The molecule has 1 aromatic carbocycles. The topological polar surface area (TPSA) is 58.6 Å². The van der Waals surface area contributed by atoms with Crippen LogP contribution in [0.3, 0.4) is 0 Å². The first-order valence-electron chi connectivity index (χ1n) is 10.2. The van der Waals surface area contributed by atoms with Crippen LogP contribution >= 0.6 is 0 Å². The molecule has 2 saturated heterocycles. The van der Waals surface area contributed by atoms with Gasteiger partial charge >= 0.3 is 0 Å². The fourth-order valence-electron chi connectivity index (χ4n) is 4.15. The van der Waals surface area contributed by atoms with Crippen LogP contribution in [-0.4, -0.2) is 57.5 Å². The molecule has 0 radical (unpaired) electrons. The predicted octanol–water partition coefficient (Wildman–Crippen LogP) is 2.71. The lowest BCUT2D eigenvalue weighted by atomic mass is 9.90. The van der Waals surface area contributed by atoms with E-state index in [4.69, 9.17) is 4.74 Å². The number of aromatic nitrogens is 2. The van der Waals surface area contributed by atoms with Crippen LogP contribution in [-0.2, 0) is 22.6 Å². The van der Waals surface area contributed by atoms with Crippen LogP contribution in [0.5, 0.6) is 0 Å². The Labute approximate surface area is 170 Å². The summed E-state index contributed by atoms with van der Waals surface area (Å²) in [5, 5.41) is 0. The van der Waals surface area contributed by atoms with Gasteiger partial charge in [-0.1, -0.05) is 12.1 Å². The van der Waals surface area contributed by atoms with Crippen LogP contribution in [0.25, 0.3) is 0 Å². The Morgan fingerprint density at radius 3 is 2.72 bits per heavy atom. The third-order valence-corrected chi connectivity index (χ3v) is 5.81. The molecule has 2 aromatic rings. The van der Waals surface area contributed by atoms with Crippen molar-refractivity contribution in [2.24, 2.45) is 0 Å². The Hall–Kier alpha value is -2.38. The summed E-state index contributed by atoms with van der Waals surface area (Å²) in [5.41, 5.74) is 2.37. The van der Waals surface area contributed by atoms with Crippen molar-refractivity contribution in [3.05, 3.63) is 59.4 Å². The zero-order valence-electron chi connectivity index (χ0n) is 16.8. The van der Waals surface area contributed by atoms with E-state index in [0.717, 1.165) is 49.4 Å². The van der Waals surface area contributed by atoms with Gasteiger partial charge in [-0.25, -0.2) is 4.39 Å². The Kier molecular flexibility index (Phi) is 5.87. The maximum Gasteiger partial charge on any atom is 0.225 e. The molecule has 4 rings (SSSR count). The van der Waals surface area contributed by atoms with Gasteiger partial charge < -0.3 is 9.64 Å². The van der Waals surface area contributed by atoms with Gasteiger partial charge in [0.15, 0.2) is 0 Å². The molecule has 0 aliphatic carbocycles. The van der Waals surface area contributed by atoms with Crippen molar-refractivity contribution >= 4 is 5.91 Å². The molecule has 1 amide bonds. The summed E-state index contributed by atoms with van der Waals surface area (Å²) in [6, 6.07) is 6.47. The van der Waals surface area contributed by atoms with Crippen LogP contribution in [0.15, 0.2) is 36.7 Å². The second-order valence-electron chi connectivity index (χ2n) is 8.09. The van der Waals surface area contributed by atoms with Crippen LogP contribution in [0, 0.1) is 12.7 Å². The number of benzene rings is 1. The summed E-state index contributed by atoms with van der Waals surface area (Å²) < 4.78 is 19.8. The number of carbonyl (C=O) groups excluding carboxylic acids is 1. The number of aryl methyl sites for hydroxylation is 1. The van der Waals surface area contributed by atoms with E-state index in [2.05, 4.69) is 14.9 Å². The average Bonchev–Trinajstić information content (AvgIpc) is 2.85. The number of likely N-dealkylation sites (tertiary alicyclic amines) is 1. The van der Waals surface area contributed by atoms with Gasteiger partial charge in [0, 0.05) is 38.6 Å². The zero-order valence-corrected chi connectivity index (χ0v) is 16.8. The quantitative estimate of drug-likeness (QED) is 0.793. The lowest BCUT2D eigenvalue weighted by Gasteiger charge is -2.42. The molecule has 154 valence electrons. The molecule has 6 nitrogen and oxygen atoms in total. The molecule has 0 N–H and O–H groups in total. The van der Waals surface area contributed by atoms with E-state index in [1.54, 1.807) is 12.3 Å². The Bertz CT molecular complexity index is 850. The minimum atomic E-state index is -0.324. The van der Waals surface area contributed by atoms with Gasteiger partial charge in [0.05, 0.1) is 36.6 Å². The molecule has 2 fully saturated rings. The van der Waals surface area contributed by atoms with Crippen molar-refractivity contribution in [2.75, 3.05) is 26.2 Å². The minimum absolute atomic E-state index is 0.0727. The molecule has 2 aliphatic heterocycles. The van der Waals surface area contributed by atoms with Crippen LogP contribution in [0.2, 0.25) is 0 Å². The van der Waals surface area contributed by atoms with Crippen molar-refractivity contribution in [1.29, 1.82) is 0 Å². The molecule has 1 spiro atoms. The SMILES string of the molecule is Cc1cnc(CN2CCC3(CC2)CN(Cc2cccc(F)c2)C(=O)CCO3)cn1. The van der Waals surface area contributed by atoms with Gasteiger partial charge in [0.1, 0.15) is 5.82 Å². The van der Waals surface area contributed by atoms with Crippen molar-refractivity contribution in [1.82, 2.24) is 19.8 Å². The number of nitrogens with zero attached hydrogens (tertiary/aromatic N) is 4. The van der Waals surface area contributed by atoms with E-state index >= 15 is 0 Å². The fourth-order valence-corrected chi connectivity index (χ4v) is 4.15. The lowest BCUT2D eigenvalue weighted by molar-refractivity contribution is -0.132. The summed E-state index contributed by atoms with van der Waals surface area (Å²) in [6.07, 6.45) is 5.73. The first kappa shape index (κ1) is 19.9. The standard InChI is InChI=1S/C22H27FN4O2/c1-17-12-25-20(13-24-17)15-26-8-6-22(7-9-26)16-27(21(28)5-10-29-22)14-18-3-2-4-19(23)11-18/h2-4,11-13H,5-10,14-16H2,1H3. The number of ether oxygens (including phenoxy) is 1. The van der Waals surface area contributed by atoms with Crippen LogP contribution in [0.4, 0.5) is 4.39 Å². The van der Waals surface area contributed by atoms with Crippen molar-refractivity contribution < 1.29 is 13.9 Å². The first-order valence-corrected chi connectivity index (χ1v) is 10.2. The number of halogens is 1. The summed E-state index contributed by atoms with van der Waals surface area (Å²) in [7, 11) is 0. The van der Waals surface area contributed by atoms with Gasteiger partial charge in [-0.3, -0.25) is 19.7 Å². The Morgan fingerprint density at radius 1 is 1.17 bits per heavy atom. The Morgan fingerprint density at radius 2 is 2.00 bits per heavy atom. The summed E-state index contributed by atoms with van der Waals surface area (Å²) >= 11 is 0. The van der Waals surface area contributed by atoms with E-state index < -0.39 is 0 Å². The highest BCUT2D eigenvalue weighted by Gasteiger charge is 2.40. The van der Waals surface area contributed by atoms with Gasteiger partial charge in [-0.05, 0) is 37.5 Å². The summed E-state index contributed by atoms with van der Waals surface area (Å²) in [5.74, 6) is -0.202. The van der Waals surface area contributed by atoms with Crippen LogP contribution in [0.1, 0.15) is 36.2 Å². The van der Waals surface area contributed by atoms with Crippen LogP contribution < -0.4 is 0 Å². The number of amides is 1. The Balaban J connectivity index is 1.39. The molecule has 2 aliphatic rings. The third kappa shape index (κ3) is 4.97. The van der Waals surface area contributed by atoms with E-state index in [-0.39, 0.29) is 17.3 Å². The van der Waals surface area contributed by atoms with Gasteiger partial charge in [0.25, 0.3) is 0 Å². The molecule has 0 bridgehead atoms. The number of piperidine rings is 1.